The highest BCUT2D eigenvalue weighted by Crippen LogP contribution is 2.32. The van der Waals surface area contributed by atoms with Gasteiger partial charge in [-0.25, -0.2) is 0 Å². The SMILES string of the molecule is Cc1cc(Oc2c(C)cc(CC(=O)OC(C)CCCC(O)CCCC(C)O)cc2C)cc(C)c1C. The predicted molar refractivity (Wildman–Crippen MR) is 141 cm³/mol. The zero-order valence-electron chi connectivity index (χ0n) is 22.6. The lowest BCUT2D eigenvalue weighted by Gasteiger charge is -2.17. The predicted octanol–water partition coefficient (Wildman–Crippen LogP) is 6.58. The fraction of sp³-hybridized carbons (Fsp3) is 0.567. The lowest BCUT2D eigenvalue weighted by molar-refractivity contribution is -0.147. The number of aliphatic hydroxyl groups excluding tert-OH is 2. The van der Waals surface area contributed by atoms with Crippen LogP contribution in [0, 0.1) is 34.6 Å². The van der Waals surface area contributed by atoms with Crippen molar-refractivity contribution in [1.82, 2.24) is 0 Å². The number of hydrogen-bond donors (Lipinski definition) is 2. The van der Waals surface area contributed by atoms with Crippen LogP contribution in [0.2, 0.25) is 0 Å². The Hall–Kier alpha value is -2.37. The Kier molecular flexibility index (Phi) is 11.3. The molecule has 35 heavy (non-hydrogen) atoms. The van der Waals surface area contributed by atoms with E-state index in [9.17, 15) is 15.0 Å². The smallest absolute Gasteiger partial charge is 0.310 e. The van der Waals surface area contributed by atoms with Crippen LogP contribution in [0.1, 0.15) is 85.8 Å². The summed E-state index contributed by atoms with van der Waals surface area (Å²) in [4.78, 5) is 12.5. The van der Waals surface area contributed by atoms with Crippen molar-refractivity contribution in [2.24, 2.45) is 0 Å². The van der Waals surface area contributed by atoms with E-state index in [1.54, 1.807) is 6.92 Å². The second-order valence-electron chi connectivity index (χ2n) is 10.2. The number of aryl methyl sites for hydroxylation is 4. The first kappa shape index (κ1) is 28.9. The Balaban J connectivity index is 1.85. The molecular weight excluding hydrogens is 440 g/mol. The molecule has 0 saturated carbocycles. The molecular formula is C30H44O5. The highest BCUT2D eigenvalue weighted by Gasteiger charge is 2.15. The van der Waals surface area contributed by atoms with Crippen molar-refractivity contribution in [3.63, 3.8) is 0 Å². The molecule has 0 aromatic heterocycles. The molecule has 0 aliphatic rings. The lowest BCUT2D eigenvalue weighted by Crippen LogP contribution is -2.17. The van der Waals surface area contributed by atoms with Gasteiger partial charge in [0.15, 0.2) is 0 Å². The summed E-state index contributed by atoms with van der Waals surface area (Å²) in [6, 6.07) is 8.10. The molecule has 0 bridgehead atoms. The molecule has 0 radical (unpaired) electrons. The van der Waals surface area contributed by atoms with Gasteiger partial charge in [0, 0.05) is 0 Å². The molecule has 2 N–H and O–H groups in total. The van der Waals surface area contributed by atoms with E-state index in [0.717, 1.165) is 47.5 Å². The Labute approximate surface area is 211 Å². The van der Waals surface area contributed by atoms with Crippen molar-refractivity contribution >= 4 is 5.97 Å². The van der Waals surface area contributed by atoms with Crippen LogP contribution in [0.25, 0.3) is 0 Å². The lowest BCUT2D eigenvalue weighted by atomic mass is 10.0. The molecule has 0 aliphatic heterocycles. The van der Waals surface area contributed by atoms with Crippen LogP contribution in [0.4, 0.5) is 0 Å². The van der Waals surface area contributed by atoms with Crippen LogP contribution in [-0.4, -0.2) is 34.5 Å². The van der Waals surface area contributed by atoms with E-state index >= 15 is 0 Å². The maximum Gasteiger partial charge on any atom is 0.310 e. The summed E-state index contributed by atoms with van der Waals surface area (Å²) in [5.74, 6) is 1.41. The summed E-state index contributed by atoms with van der Waals surface area (Å²) in [6.07, 6.45) is 3.77. The van der Waals surface area contributed by atoms with Crippen molar-refractivity contribution in [1.29, 1.82) is 0 Å². The molecule has 194 valence electrons. The summed E-state index contributed by atoms with van der Waals surface area (Å²) < 4.78 is 11.8. The van der Waals surface area contributed by atoms with Gasteiger partial charge in [-0.15, -0.1) is 0 Å². The Morgan fingerprint density at radius 3 is 1.89 bits per heavy atom. The van der Waals surface area contributed by atoms with Crippen LogP contribution in [0.3, 0.4) is 0 Å². The van der Waals surface area contributed by atoms with Crippen LogP contribution in [0.5, 0.6) is 11.5 Å². The number of aliphatic hydroxyl groups is 2. The minimum absolute atomic E-state index is 0.190. The molecule has 5 heteroatoms. The maximum atomic E-state index is 12.5. The zero-order chi connectivity index (χ0) is 26.1. The first-order valence-corrected chi connectivity index (χ1v) is 12.9. The van der Waals surface area contributed by atoms with Gasteiger partial charge in [0.2, 0.25) is 0 Å². The van der Waals surface area contributed by atoms with Gasteiger partial charge in [-0.2, -0.15) is 0 Å². The number of hydrogen-bond acceptors (Lipinski definition) is 5. The normalized spacial score (nSPS) is 13.9. The third-order valence-corrected chi connectivity index (χ3v) is 6.63. The maximum absolute atomic E-state index is 12.5. The van der Waals surface area contributed by atoms with Gasteiger partial charge >= 0.3 is 5.97 Å². The number of esters is 1. The molecule has 0 saturated heterocycles. The minimum atomic E-state index is -0.365. The summed E-state index contributed by atoms with van der Waals surface area (Å²) in [5.41, 5.74) is 6.57. The Morgan fingerprint density at radius 1 is 0.800 bits per heavy atom. The van der Waals surface area contributed by atoms with Crippen molar-refractivity contribution in [2.45, 2.75) is 112 Å². The first-order chi connectivity index (χ1) is 16.5. The van der Waals surface area contributed by atoms with Crippen LogP contribution in [-0.2, 0) is 16.0 Å². The van der Waals surface area contributed by atoms with Gasteiger partial charge < -0.3 is 19.7 Å². The second kappa shape index (κ2) is 13.6. The second-order valence-corrected chi connectivity index (χ2v) is 10.2. The van der Waals surface area contributed by atoms with Crippen molar-refractivity contribution in [2.75, 3.05) is 0 Å². The fourth-order valence-electron chi connectivity index (χ4n) is 4.40. The van der Waals surface area contributed by atoms with Crippen molar-refractivity contribution in [3.8, 4) is 11.5 Å². The van der Waals surface area contributed by atoms with Crippen LogP contribution < -0.4 is 4.74 Å². The largest absolute Gasteiger partial charge is 0.462 e. The fourth-order valence-corrected chi connectivity index (χ4v) is 4.40. The molecule has 0 aliphatic carbocycles. The molecule has 2 aromatic carbocycles. The third kappa shape index (κ3) is 9.65. The van der Waals surface area contributed by atoms with Gasteiger partial charge in [0.05, 0.1) is 24.7 Å². The standard InChI is InChI=1S/C30H44O5/c1-19-16-28(17-20(2)25(19)7)35-30-21(3)14-26(15-22(30)4)18-29(33)34-24(6)11-9-13-27(32)12-8-10-23(5)31/h14-17,23-24,27,31-32H,8-13,18H2,1-7H3. The van der Waals surface area contributed by atoms with Crippen LogP contribution in [0.15, 0.2) is 24.3 Å². The Morgan fingerprint density at radius 2 is 1.34 bits per heavy atom. The van der Waals surface area contributed by atoms with Crippen molar-refractivity contribution in [3.05, 3.63) is 57.6 Å². The highest BCUT2D eigenvalue weighted by molar-refractivity contribution is 5.73. The quantitative estimate of drug-likeness (QED) is 0.314. The molecule has 0 heterocycles. The van der Waals surface area contributed by atoms with E-state index in [-0.39, 0.29) is 30.7 Å². The summed E-state index contributed by atoms with van der Waals surface area (Å²) >= 11 is 0. The van der Waals surface area contributed by atoms with E-state index < -0.39 is 0 Å². The van der Waals surface area contributed by atoms with Gasteiger partial charge in [0.1, 0.15) is 11.5 Å². The number of rotatable bonds is 13. The number of benzene rings is 2. The first-order valence-electron chi connectivity index (χ1n) is 12.9. The molecule has 2 rings (SSSR count). The van der Waals surface area contributed by atoms with E-state index in [2.05, 4.69) is 32.9 Å². The molecule has 3 unspecified atom stereocenters. The van der Waals surface area contributed by atoms with Gasteiger partial charge in [-0.05, 0) is 133 Å². The number of carbonyl (C=O) groups is 1. The van der Waals surface area contributed by atoms with E-state index in [1.165, 1.54) is 16.7 Å². The Bertz CT molecular complexity index is 933. The molecule has 5 nitrogen and oxygen atoms in total. The zero-order valence-corrected chi connectivity index (χ0v) is 22.6. The minimum Gasteiger partial charge on any atom is -0.462 e. The molecule has 3 atom stereocenters. The topological polar surface area (TPSA) is 76.0 Å². The summed E-state index contributed by atoms with van der Waals surface area (Å²) in [5, 5.41) is 19.4. The highest BCUT2D eigenvalue weighted by atomic mass is 16.5. The van der Waals surface area contributed by atoms with Crippen LogP contribution >= 0.6 is 0 Å². The van der Waals surface area contributed by atoms with E-state index in [0.29, 0.717) is 19.3 Å². The molecule has 0 spiro atoms. The number of ether oxygens (including phenoxy) is 2. The molecule has 2 aromatic rings. The van der Waals surface area contributed by atoms with Gasteiger partial charge in [-0.1, -0.05) is 12.1 Å². The van der Waals surface area contributed by atoms with Gasteiger partial charge in [0.25, 0.3) is 0 Å². The summed E-state index contributed by atoms with van der Waals surface area (Å²) in [6.45, 7) is 14.0. The van der Waals surface area contributed by atoms with E-state index in [4.69, 9.17) is 9.47 Å². The number of carbonyl (C=O) groups excluding carboxylic acids is 1. The molecule has 0 fully saturated rings. The molecule has 0 amide bonds. The van der Waals surface area contributed by atoms with E-state index in [1.807, 2.05) is 32.9 Å². The monoisotopic (exact) mass is 484 g/mol. The van der Waals surface area contributed by atoms with Crippen molar-refractivity contribution < 1.29 is 24.5 Å². The average molecular weight is 485 g/mol. The average Bonchev–Trinajstić information content (AvgIpc) is 2.74. The third-order valence-electron chi connectivity index (χ3n) is 6.63. The van der Waals surface area contributed by atoms with Gasteiger partial charge in [-0.3, -0.25) is 4.79 Å². The summed E-state index contributed by atoms with van der Waals surface area (Å²) in [7, 11) is 0.